The zero-order valence-corrected chi connectivity index (χ0v) is 17.2. The van der Waals surface area contributed by atoms with Gasteiger partial charge in [-0.2, -0.15) is 4.98 Å². The molecule has 4 heterocycles. The van der Waals surface area contributed by atoms with Gasteiger partial charge >= 0.3 is 0 Å². The summed E-state index contributed by atoms with van der Waals surface area (Å²) < 4.78 is 5.11. The highest BCUT2D eigenvalue weighted by molar-refractivity contribution is 6.03. The van der Waals surface area contributed by atoms with Crippen LogP contribution in [-0.4, -0.2) is 63.9 Å². The van der Waals surface area contributed by atoms with E-state index in [2.05, 4.69) is 25.6 Å². The van der Waals surface area contributed by atoms with E-state index in [-0.39, 0.29) is 29.8 Å². The smallest absolute Gasteiger partial charge is 0.275 e. The molecule has 0 bridgehead atoms. The molecule has 0 radical (unpaired) electrons. The number of aryl methyl sites for hydroxylation is 2. The van der Waals surface area contributed by atoms with Gasteiger partial charge < -0.3 is 24.9 Å². The average Bonchev–Trinajstić information content (AvgIpc) is 3.04. The number of carbonyl (C=O) groups is 2. The fraction of sp³-hybridized carbons (Fsp3) is 0.526. The molecule has 10 nitrogen and oxygen atoms in total. The van der Waals surface area contributed by atoms with Gasteiger partial charge in [-0.05, 0) is 12.8 Å². The molecule has 29 heavy (non-hydrogen) atoms. The van der Waals surface area contributed by atoms with Gasteiger partial charge in [-0.3, -0.25) is 9.59 Å². The lowest BCUT2D eigenvalue weighted by atomic mass is 9.99. The van der Waals surface area contributed by atoms with Crippen molar-refractivity contribution >= 4 is 29.3 Å². The van der Waals surface area contributed by atoms with E-state index in [0.29, 0.717) is 47.8 Å². The van der Waals surface area contributed by atoms with Gasteiger partial charge in [0.05, 0.1) is 11.7 Å². The first-order chi connectivity index (χ1) is 13.7. The Morgan fingerprint density at radius 1 is 1.28 bits per heavy atom. The van der Waals surface area contributed by atoms with Gasteiger partial charge in [0.2, 0.25) is 11.9 Å². The second-order valence-electron chi connectivity index (χ2n) is 7.92. The summed E-state index contributed by atoms with van der Waals surface area (Å²) in [6.45, 7) is 8.64. The van der Waals surface area contributed by atoms with Crippen molar-refractivity contribution in [1.29, 1.82) is 0 Å². The first-order valence-corrected chi connectivity index (χ1v) is 9.65. The Morgan fingerprint density at radius 3 is 2.62 bits per heavy atom. The molecule has 154 valence electrons. The summed E-state index contributed by atoms with van der Waals surface area (Å²) in [6, 6.07) is -0.235. The van der Waals surface area contributed by atoms with Crippen LogP contribution < -0.4 is 15.5 Å². The Labute approximate surface area is 168 Å². The third kappa shape index (κ3) is 3.39. The van der Waals surface area contributed by atoms with Gasteiger partial charge in [-0.15, -0.1) is 0 Å². The van der Waals surface area contributed by atoms with Crippen molar-refractivity contribution < 1.29 is 14.0 Å². The minimum absolute atomic E-state index is 0.0429. The molecule has 1 atom stereocenters. The summed E-state index contributed by atoms with van der Waals surface area (Å²) in [4.78, 5) is 41.6. The normalized spacial score (nSPS) is 19.1. The van der Waals surface area contributed by atoms with E-state index in [9.17, 15) is 9.59 Å². The number of nitrogens with zero attached hydrogens (tertiary/aromatic N) is 5. The van der Waals surface area contributed by atoms with Crippen molar-refractivity contribution in [3.63, 3.8) is 0 Å². The van der Waals surface area contributed by atoms with Crippen molar-refractivity contribution in [1.82, 2.24) is 19.9 Å². The van der Waals surface area contributed by atoms with Crippen molar-refractivity contribution in [3.05, 3.63) is 23.5 Å². The highest BCUT2D eigenvalue weighted by atomic mass is 16.3. The number of amides is 2. The molecule has 2 aliphatic rings. The number of hydrogen-bond donors (Lipinski definition) is 2. The van der Waals surface area contributed by atoms with Crippen LogP contribution in [0.1, 0.15) is 35.9 Å². The number of likely N-dealkylation sites (tertiary alicyclic amines) is 1. The number of aromatic nitrogens is 3. The van der Waals surface area contributed by atoms with E-state index in [4.69, 9.17) is 4.42 Å². The molecule has 1 fully saturated rings. The van der Waals surface area contributed by atoms with Crippen LogP contribution >= 0.6 is 0 Å². The SMILES string of the molecule is Cc1nc(C(=O)N2CC(Nc3nc(C)c4c(n3)N(C)[C@@H](C(C)C)C(=O)N4)C2)co1. The standard InChI is InChI=1S/C19H25N7O3/c1-9(2)15-17(27)23-14-10(3)20-19(24-16(14)25(15)5)22-12-6-26(7-12)18(28)13-8-29-11(4)21-13/h8-9,12,15H,6-7H2,1-5H3,(H,23,27)(H,20,22,24)/t15-/m0/s1. The Kier molecular flexibility index (Phi) is 4.64. The number of carbonyl (C=O) groups excluding carboxylic acids is 2. The predicted molar refractivity (Wildman–Crippen MR) is 107 cm³/mol. The molecule has 2 N–H and O–H groups in total. The van der Waals surface area contributed by atoms with Crippen LogP contribution in [0.2, 0.25) is 0 Å². The Balaban J connectivity index is 1.45. The van der Waals surface area contributed by atoms with Crippen LogP contribution in [0.25, 0.3) is 0 Å². The Bertz CT molecular complexity index is 965. The van der Waals surface area contributed by atoms with Gasteiger partial charge in [0.15, 0.2) is 17.4 Å². The quantitative estimate of drug-likeness (QED) is 0.793. The summed E-state index contributed by atoms with van der Waals surface area (Å²) in [5.41, 5.74) is 1.66. The minimum atomic E-state index is -0.285. The monoisotopic (exact) mass is 399 g/mol. The number of hydrogen-bond acceptors (Lipinski definition) is 8. The predicted octanol–water partition coefficient (Wildman–Crippen LogP) is 1.43. The second kappa shape index (κ2) is 7.02. The molecular formula is C19H25N7O3. The van der Waals surface area contributed by atoms with Crippen LogP contribution in [-0.2, 0) is 4.79 Å². The van der Waals surface area contributed by atoms with Crippen LogP contribution in [0.5, 0.6) is 0 Å². The molecule has 2 aliphatic heterocycles. The molecule has 0 spiro atoms. The largest absolute Gasteiger partial charge is 0.448 e. The maximum absolute atomic E-state index is 12.4. The summed E-state index contributed by atoms with van der Waals surface area (Å²) in [5, 5.41) is 6.23. The van der Waals surface area contributed by atoms with Crippen molar-refractivity contribution in [3.8, 4) is 0 Å². The van der Waals surface area contributed by atoms with Gasteiger partial charge in [-0.1, -0.05) is 13.8 Å². The van der Waals surface area contributed by atoms with E-state index < -0.39 is 0 Å². The van der Waals surface area contributed by atoms with Gasteiger partial charge in [0.1, 0.15) is 18.0 Å². The Morgan fingerprint density at radius 2 is 2.00 bits per heavy atom. The van der Waals surface area contributed by atoms with Crippen LogP contribution in [0.4, 0.5) is 17.5 Å². The number of rotatable bonds is 4. The third-order valence-corrected chi connectivity index (χ3v) is 5.31. The first kappa shape index (κ1) is 19.2. The van der Waals surface area contributed by atoms with Crippen LogP contribution in [0.3, 0.4) is 0 Å². The van der Waals surface area contributed by atoms with Gasteiger partial charge in [-0.25, -0.2) is 9.97 Å². The molecule has 10 heteroatoms. The molecule has 2 aromatic rings. The molecule has 2 aromatic heterocycles. The second-order valence-corrected chi connectivity index (χ2v) is 7.92. The van der Waals surface area contributed by atoms with E-state index in [1.807, 2.05) is 32.7 Å². The lowest BCUT2D eigenvalue weighted by Crippen LogP contribution is -2.57. The lowest BCUT2D eigenvalue weighted by molar-refractivity contribution is -0.118. The average molecular weight is 399 g/mol. The summed E-state index contributed by atoms with van der Waals surface area (Å²) in [5.74, 6) is 1.61. The van der Waals surface area contributed by atoms with E-state index in [1.165, 1.54) is 6.26 Å². The zero-order chi connectivity index (χ0) is 20.9. The maximum Gasteiger partial charge on any atom is 0.275 e. The minimum Gasteiger partial charge on any atom is -0.448 e. The molecule has 0 aliphatic carbocycles. The zero-order valence-electron chi connectivity index (χ0n) is 17.2. The first-order valence-electron chi connectivity index (χ1n) is 9.65. The lowest BCUT2D eigenvalue weighted by Gasteiger charge is -2.40. The number of anilines is 3. The molecule has 0 unspecified atom stereocenters. The maximum atomic E-state index is 12.4. The van der Waals surface area contributed by atoms with E-state index >= 15 is 0 Å². The van der Waals surface area contributed by atoms with Crippen molar-refractivity contribution in [2.45, 2.75) is 39.8 Å². The number of fused-ring (bicyclic) bond motifs is 1. The number of oxazole rings is 1. The van der Waals surface area contributed by atoms with E-state index in [0.717, 1.165) is 0 Å². The van der Waals surface area contributed by atoms with E-state index in [1.54, 1.807) is 11.8 Å². The highest BCUT2D eigenvalue weighted by Crippen LogP contribution is 2.34. The molecule has 2 amide bonds. The van der Waals surface area contributed by atoms with Gasteiger partial charge in [0, 0.05) is 27.1 Å². The fourth-order valence-electron chi connectivity index (χ4n) is 3.82. The molecule has 0 saturated carbocycles. The number of nitrogens with one attached hydrogen (secondary N) is 2. The molecule has 4 rings (SSSR count). The molecular weight excluding hydrogens is 374 g/mol. The van der Waals surface area contributed by atoms with Crippen molar-refractivity contribution in [2.24, 2.45) is 5.92 Å². The summed E-state index contributed by atoms with van der Waals surface area (Å²) in [6.07, 6.45) is 1.38. The topological polar surface area (TPSA) is 116 Å². The van der Waals surface area contributed by atoms with Gasteiger partial charge in [0.25, 0.3) is 5.91 Å². The summed E-state index contributed by atoms with van der Waals surface area (Å²) >= 11 is 0. The highest BCUT2D eigenvalue weighted by Gasteiger charge is 2.36. The molecule has 1 saturated heterocycles. The number of likely N-dealkylation sites (N-methyl/N-ethyl adjacent to an activating group) is 1. The van der Waals surface area contributed by atoms with Crippen LogP contribution in [0, 0.1) is 19.8 Å². The fourth-order valence-corrected chi connectivity index (χ4v) is 3.82. The third-order valence-electron chi connectivity index (χ3n) is 5.31. The summed E-state index contributed by atoms with van der Waals surface area (Å²) in [7, 11) is 1.88. The van der Waals surface area contributed by atoms with Crippen molar-refractivity contribution in [2.75, 3.05) is 35.7 Å². The van der Waals surface area contributed by atoms with Crippen LogP contribution in [0.15, 0.2) is 10.7 Å². The Hall–Kier alpha value is -3.17. The molecule has 0 aromatic carbocycles.